The van der Waals surface area contributed by atoms with E-state index in [-0.39, 0.29) is 11.8 Å². The lowest BCUT2D eigenvalue weighted by Gasteiger charge is -2.10. The van der Waals surface area contributed by atoms with Crippen LogP contribution in [0.15, 0.2) is 54.6 Å². The van der Waals surface area contributed by atoms with Crippen molar-refractivity contribution in [3.8, 4) is 5.75 Å². The first-order valence-electron chi connectivity index (χ1n) is 7.47. The second-order valence-corrected chi connectivity index (χ2v) is 4.97. The first kappa shape index (κ1) is 16.5. The zero-order valence-corrected chi connectivity index (χ0v) is 13.0. The van der Waals surface area contributed by atoms with Gasteiger partial charge in [0, 0.05) is 18.5 Å². The van der Waals surface area contributed by atoms with Gasteiger partial charge in [0.1, 0.15) is 5.75 Å². The number of methoxy groups -OCH3 is 1. The Labute approximate surface area is 135 Å². The lowest BCUT2D eigenvalue weighted by molar-refractivity contribution is -0.116. The number of ether oxygens (including phenoxy) is 1. The van der Waals surface area contributed by atoms with E-state index in [0.29, 0.717) is 36.4 Å². The number of amides is 2. The van der Waals surface area contributed by atoms with Gasteiger partial charge in [0.2, 0.25) is 5.91 Å². The number of para-hydroxylation sites is 2. The summed E-state index contributed by atoms with van der Waals surface area (Å²) in [6, 6.07) is 16.2. The largest absolute Gasteiger partial charge is 0.495 e. The van der Waals surface area contributed by atoms with Crippen LogP contribution in [0.1, 0.15) is 23.2 Å². The van der Waals surface area contributed by atoms with E-state index >= 15 is 0 Å². The van der Waals surface area contributed by atoms with Gasteiger partial charge in [-0.3, -0.25) is 9.59 Å². The molecule has 0 aliphatic heterocycles. The zero-order chi connectivity index (χ0) is 16.5. The van der Waals surface area contributed by atoms with Gasteiger partial charge in [-0.1, -0.05) is 30.3 Å². The molecule has 2 N–H and O–H groups in total. The van der Waals surface area contributed by atoms with Crippen LogP contribution in [0.5, 0.6) is 5.75 Å². The van der Waals surface area contributed by atoms with Gasteiger partial charge in [-0.25, -0.2) is 0 Å². The van der Waals surface area contributed by atoms with Crippen molar-refractivity contribution in [2.75, 3.05) is 19.0 Å². The fourth-order valence-electron chi connectivity index (χ4n) is 2.10. The Balaban J connectivity index is 1.72. The number of anilines is 1. The maximum absolute atomic E-state index is 11.9. The van der Waals surface area contributed by atoms with Crippen LogP contribution in [0.3, 0.4) is 0 Å². The van der Waals surface area contributed by atoms with Crippen molar-refractivity contribution in [2.45, 2.75) is 12.8 Å². The molecule has 0 saturated carbocycles. The van der Waals surface area contributed by atoms with E-state index < -0.39 is 0 Å². The summed E-state index contributed by atoms with van der Waals surface area (Å²) >= 11 is 0. The molecule has 0 aromatic heterocycles. The molecule has 2 aromatic carbocycles. The first-order valence-corrected chi connectivity index (χ1v) is 7.47. The van der Waals surface area contributed by atoms with E-state index in [2.05, 4.69) is 10.6 Å². The molecule has 0 spiro atoms. The second kappa shape index (κ2) is 8.58. The predicted octanol–water partition coefficient (Wildman–Crippen LogP) is 2.84. The molecule has 0 unspecified atom stereocenters. The van der Waals surface area contributed by atoms with Crippen molar-refractivity contribution in [3.63, 3.8) is 0 Å². The summed E-state index contributed by atoms with van der Waals surface area (Å²) < 4.78 is 5.18. The standard InChI is InChI=1S/C18H20N2O3/c1-23-16-11-6-5-10-15(16)20-17(21)12-7-13-19-18(22)14-8-3-2-4-9-14/h2-6,8-11H,7,12-13H2,1H3,(H,19,22)(H,20,21). The van der Waals surface area contributed by atoms with Crippen LogP contribution in [-0.4, -0.2) is 25.5 Å². The summed E-state index contributed by atoms with van der Waals surface area (Å²) in [6.45, 7) is 0.451. The molecule has 2 rings (SSSR count). The van der Waals surface area contributed by atoms with Gasteiger partial charge < -0.3 is 15.4 Å². The fraction of sp³-hybridized carbons (Fsp3) is 0.222. The highest BCUT2D eigenvalue weighted by atomic mass is 16.5. The highest BCUT2D eigenvalue weighted by Gasteiger charge is 2.07. The van der Waals surface area contributed by atoms with E-state index in [1.165, 1.54) is 0 Å². The van der Waals surface area contributed by atoms with Gasteiger partial charge >= 0.3 is 0 Å². The first-order chi connectivity index (χ1) is 11.2. The van der Waals surface area contributed by atoms with Crippen molar-refractivity contribution in [1.29, 1.82) is 0 Å². The lowest BCUT2D eigenvalue weighted by Crippen LogP contribution is -2.25. The van der Waals surface area contributed by atoms with Gasteiger partial charge in [0.25, 0.3) is 5.91 Å². The van der Waals surface area contributed by atoms with E-state index in [9.17, 15) is 9.59 Å². The monoisotopic (exact) mass is 312 g/mol. The number of hydrogen-bond acceptors (Lipinski definition) is 3. The van der Waals surface area contributed by atoms with Gasteiger partial charge in [0.15, 0.2) is 0 Å². The Kier molecular flexibility index (Phi) is 6.17. The van der Waals surface area contributed by atoms with Crippen molar-refractivity contribution in [2.24, 2.45) is 0 Å². The van der Waals surface area contributed by atoms with Gasteiger partial charge in [-0.2, -0.15) is 0 Å². The van der Waals surface area contributed by atoms with Crippen LogP contribution in [0, 0.1) is 0 Å². The minimum atomic E-state index is -0.129. The molecular formula is C18H20N2O3. The second-order valence-electron chi connectivity index (χ2n) is 4.97. The minimum Gasteiger partial charge on any atom is -0.495 e. The maximum atomic E-state index is 11.9. The van der Waals surface area contributed by atoms with Gasteiger partial charge in [-0.05, 0) is 30.7 Å². The molecule has 2 amide bonds. The van der Waals surface area contributed by atoms with Crippen LogP contribution < -0.4 is 15.4 Å². The smallest absolute Gasteiger partial charge is 0.251 e. The summed E-state index contributed by atoms with van der Waals surface area (Å²) in [5, 5.41) is 5.60. The number of hydrogen-bond donors (Lipinski definition) is 2. The Bertz CT molecular complexity index is 656. The number of nitrogens with one attached hydrogen (secondary N) is 2. The molecule has 120 valence electrons. The molecule has 0 heterocycles. The average Bonchev–Trinajstić information content (AvgIpc) is 2.59. The molecule has 2 aromatic rings. The van der Waals surface area contributed by atoms with Crippen LogP contribution in [0.4, 0.5) is 5.69 Å². The van der Waals surface area contributed by atoms with Crippen LogP contribution >= 0.6 is 0 Å². The number of carbonyl (C=O) groups is 2. The number of carbonyl (C=O) groups excluding carboxylic acids is 2. The quantitative estimate of drug-likeness (QED) is 0.773. The third-order valence-electron chi connectivity index (χ3n) is 3.28. The summed E-state index contributed by atoms with van der Waals surface area (Å²) in [5.41, 5.74) is 1.26. The molecule has 0 saturated heterocycles. The van der Waals surface area contributed by atoms with Crippen molar-refractivity contribution in [3.05, 3.63) is 60.2 Å². The summed E-state index contributed by atoms with van der Waals surface area (Å²) in [6.07, 6.45) is 0.896. The molecule has 5 heteroatoms. The highest BCUT2D eigenvalue weighted by molar-refractivity contribution is 5.94. The van der Waals surface area contributed by atoms with E-state index in [0.717, 1.165) is 0 Å². The van der Waals surface area contributed by atoms with Crippen LogP contribution in [0.25, 0.3) is 0 Å². The molecule has 0 atom stereocenters. The Morgan fingerprint density at radius 2 is 1.70 bits per heavy atom. The molecular weight excluding hydrogens is 292 g/mol. The molecule has 23 heavy (non-hydrogen) atoms. The van der Waals surface area contributed by atoms with Gasteiger partial charge in [-0.15, -0.1) is 0 Å². The number of rotatable bonds is 7. The molecule has 0 aliphatic rings. The third kappa shape index (κ3) is 5.14. The topological polar surface area (TPSA) is 67.4 Å². The maximum Gasteiger partial charge on any atom is 0.251 e. The molecule has 0 radical (unpaired) electrons. The summed E-state index contributed by atoms with van der Waals surface area (Å²) in [7, 11) is 1.56. The SMILES string of the molecule is COc1ccccc1NC(=O)CCCNC(=O)c1ccccc1. The Morgan fingerprint density at radius 1 is 1.00 bits per heavy atom. The molecule has 0 bridgehead atoms. The highest BCUT2D eigenvalue weighted by Crippen LogP contribution is 2.23. The Morgan fingerprint density at radius 3 is 2.43 bits per heavy atom. The van der Waals surface area contributed by atoms with Crippen molar-refractivity contribution < 1.29 is 14.3 Å². The van der Waals surface area contributed by atoms with E-state index in [4.69, 9.17) is 4.74 Å². The zero-order valence-electron chi connectivity index (χ0n) is 13.0. The summed E-state index contributed by atoms with van der Waals surface area (Å²) in [5.74, 6) is 0.387. The normalized spacial score (nSPS) is 9.96. The predicted molar refractivity (Wildman–Crippen MR) is 89.6 cm³/mol. The van der Waals surface area contributed by atoms with Gasteiger partial charge in [0.05, 0.1) is 12.8 Å². The van der Waals surface area contributed by atoms with Crippen LogP contribution in [-0.2, 0) is 4.79 Å². The summed E-state index contributed by atoms with van der Waals surface area (Å²) in [4.78, 5) is 23.8. The Hall–Kier alpha value is -2.82. The fourth-order valence-corrected chi connectivity index (χ4v) is 2.10. The minimum absolute atomic E-state index is 0.108. The molecule has 5 nitrogen and oxygen atoms in total. The van der Waals surface area contributed by atoms with E-state index in [1.54, 1.807) is 31.4 Å². The molecule has 0 aliphatic carbocycles. The van der Waals surface area contributed by atoms with E-state index in [1.807, 2.05) is 30.3 Å². The average molecular weight is 312 g/mol. The third-order valence-corrected chi connectivity index (χ3v) is 3.28. The van der Waals surface area contributed by atoms with Crippen molar-refractivity contribution in [1.82, 2.24) is 5.32 Å². The van der Waals surface area contributed by atoms with Crippen molar-refractivity contribution >= 4 is 17.5 Å². The van der Waals surface area contributed by atoms with Crippen LogP contribution in [0.2, 0.25) is 0 Å². The lowest BCUT2D eigenvalue weighted by atomic mass is 10.2. The number of benzene rings is 2. The molecule has 0 fully saturated rings.